The van der Waals surface area contributed by atoms with Crippen LogP contribution in [0.3, 0.4) is 0 Å². The van der Waals surface area contributed by atoms with Gasteiger partial charge < -0.3 is 15.0 Å². The molecule has 0 aromatic heterocycles. The van der Waals surface area contributed by atoms with Crippen molar-refractivity contribution in [2.75, 3.05) is 18.5 Å². The Balaban J connectivity index is 1.50. The summed E-state index contributed by atoms with van der Waals surface area (Å²) >= 11 is 0. The summed E-state index contributed by atoms with van der Waals surface area (Å²) < 4.78 is 6.04. The molecule has 1 atom stereocenters. The van der Waals surface area contributed by atoms with Crippen LogP contribution in [0.1, 0.15) is 41.8 Å². The van der Waals surface area contributed by atoms with Gasteiger partial charge in [-0.05, 0) is 56.5 Å². The highest BCUT2D eigenvalue weighted by Crippen LogP contribution is 2.38. The summed E-state index contributed by atoms with van der Waals surface area (Å²) in [6.45, 7) is 5.33. The van der Waals surface area contributed by atoms with Crippen LogP contribution in [0, 0.1) is 0 Å². The first-order valence-corrected chi connectivity index (χ1v) is 10.6. The quantitative estimate of drug-likeness (QED) is 0.536. The molecule has 1 N–H and O–H groups in total. The van der Waals surface area contributed by atoms with Crippen LogP contribution in [0.5, 0.6) is 5.75 Å². The van der Waals surface area contributed by atoms with Crippen molar-refractivity contribution in [2.45, 2.75) is 32.4 Å². The SMILES string of the molecule is CCN1C(=O)c2ccccc2NC1(C)c1cccc(OCCCc2ccccc2)c1. The summed E-state index contributed by atoms with van der Waals surface area (Å²) in [7, 11) is 0. The Morgan fingerprint density at radius 2 is 1.73 bits per heavy atom. The van der Waals surface area contributed by atoms with Crippen LogP contribution >= 0.6 is 0 Å². The minimum atomic E-state index is -0.635. The number of fused-ring (bicyclic) bond motifs is 1. The van der Waals surface area contributed by atoms with Crippen LogP contribution in [0.15, 0.2) is 78.9 Å². The van der Waals surface area contributed by atoms with Crippen molar-refractivity contribution in [1.82, 2.24) is 4.90 Å². The zero-order valence-electron chi connectivity index (χ0n) is 17.6. The largest absolute Gasteiger partial charge is 0.494 e. The first-order valence-electron chi connectivity index (χ1n) is 10.6. The number of aryl methyl sites for hydroxylation is 1. The van der Waals surface area contributed by atoms with Gasteiger partial charge in [0.25, 0.3) is 5.91 Å². The van der Waals surface area contributed by atoms with Gasteiger partial charge in [0.15, 0.2) is 0 Å². The highest BCUT2D eigenvalue weighted by atomic mass is 16.5. The lowest BCUT2D eigenvalue weighted by molar-refractivity contribution is 0.0552. The molecule has 0 aliphatic carbocycles. The second kappa shape index (κ2) is 8.62. The Morgan fingerprint density at radius 1 is 0.967 bits per heavy atom. The molecular weight excluding hydrogens is 372 g/mol. The van der Waals surface area contributed by atoms with Gasteiger partial charge >= 0.3 is 0 Å². The molecule has 3 aromatic rings. The summed E-state index contributed by atoms with van der Waals surface area (Å²) in [6, 6.07) is 26.2. The predicted octanol–water partition coefficient (Wildman–Crippen LogP) is 5.46. The molecule has 1 heterocycles. The lowest BCUT2D eigenvalue weighted by atomic mass is 9.93. The van der Waals surface area contributed by atoms with Crippen LogP contribution < -0.4 is 10.1 Å². The zero-order chi connectivity index (χ0) is 21.0. The van der Waals surface area contributed by atoms with Crippen LogP contribution in [0.2, 0.25) is 0 Å². The number of anilines is 1. The first kappa shape index (κ1) is 20.0. The molecule has 1 aliphatic rings. The molecule has 3 aromatic carbocycles. The molecule has 0 bridgehead atoms. The van der Waals surface area contributed by atoms with Gasteiger partial charge in [-0.25, -0.2) is 0 Å². The Bertz CT molecular complexity index is 1020. The van der Waals surface area contributed by atoms with E-state index in [0.29, 0.717) is 18.7 Å². The fourth-order valence-electron chi connectivity index (χ4n) is 4.14. The number of hydrogen-bond acceptors (Lipinski definition) is 3. The number of ether oxygens (including phenoxy) is 1. The van der Waals surface area contributed by atoms with Gasteiger partial charge in [-0.1, -0.05) is 54.6 Å². The number of rotatable bonds is 7. The van der Waals surface area contributed by atoms with Crippen molar-refractivity contribution in [3.8, 4) is 5.75 Å². The van der Waals surface area contributed by atoms with Gasteiger partial charge in [0, 0.05) is 17.8 Å². The van der Waals surface area contributed by atoms with Crippen molar-refractivity contribution >= 4 is 11.6 Å². The van der Waals surface area contributed by atoms with Gasteiger partial charge in [0.05, 0.1) is 12.2 Å². The summed E-state index contributed by atoms with van der Waals surface area (Å²) in [5, 5.41) is 3.59. The van der Waals surface area contributed by atoms with Crippen LogP contribution in [-0.4, -0.2) is 24.0 Å². The van der Waals surface area contributed by atoms with E-state index in [0.717, 1.165) is 29.8 Å². The normalized spacial score (nSPS) is 17.9. The molecule has 0 fully saturated rings. The van der Waals surface area contributed by atoms with Crippen molar-refractivity contribution < 1.29 is 9.53 Å². The van der Waals surface area contributed by atoms with E-state index in [1.165, 1.54) is 5.56 Å². The molecule has 4 nitrogen and oxygen atoms in total. The van der Waals surface area contributed by atoms with E-state index in [2.05, 4.69) is 36.5 Å². The molecule has 154 valence electrons. The Morgan fingerprint density at radius 3 is 2.53 bits per heavy atom. The van der Waals surface area contributed by atoms with Gasteiger partial charge in [-0.15, -0.1) is 0 Å². The van der Waals surface area contributed by atoms with Crippen LogP contribution in [0.4, 0.5) is 5.69 Å². The molecule has 0 saturated heterocycles. The maximum absolute atomic E-state index is 13.1. The second-order valence-corrected chi connectivity index (χ2v) is 7.76. The fraction of sp³-hybridized carbons (Fsp3) is 0.269. The highest BCUT2D eigenvalue weighted by Gasteiger charge is 2.41. The Labute approximate surface area is 178 Å². The van der Waals surface area contributed by atoms with Crippen molar-refractivity contribution in [3.05, 3.63) is 95.6 Å². The number of benzene rings is 3. The lowest BCUT2D eigenvalue weighted by Gasteiger charge is -2.46. The molecule has 4 heteroatoms. The molecule has 4 rings (SSSR count). The van der Waals surface area contributed by atoms with Crippen molar-refractivity contribution in [1.29, 1.82) is 0 Å². The topological polar surface area (TPSA) is 41.6 Å². The van der Waals surface area contributed by atoms with E-state index < -0.39 is 5.66 Å². The number of hydrogen-bond donors (Lipinski definition) is 1. The molecular formula is C26H28N2O2. The molecule has 0 saturated carbocycles. The van der Waals surface area contributed by atoms with Crippen LogP contribution in [0.25, 0.3) is 0 Å². The third kappa shape index (κ3) is 3.90. The molecule has 0 spiro atoms. The van der Waals surface area contributed by atoms with E-state index in [-0.39, 0.29) is 5.91 Å². The van der Waals surface area contributed by atoms with E-state index in [1.807, 2.05) is 66.4 Å². The third-order valence-electron chi connectivity index (χ3n) is 5.75. The number of para-hydroxylation sites is 1. The predicted molar refractivity (Wildman–Crippen MR) is 121 cm³/mol. The average Bonchev–Trinajstić information content (AvgIpc) is 2.78. The maximum atomic E-state index is 13.1. The van der Waals surface area contributed by atoms with Gasteiger partial charge in [-0.3, -0.25) is 4.79 Å². The van der Waals surface area contributed by atoms with Gasteiger partial charge in [0.2, 0.25) is 0 Å². The number of nitrogens with zero attached hydrogens (tertiary/aromatic N) is 1. The van der Waals surface area contributed by atoms with Crippen molar-refractivity contribution in [3.63, 3.8) is 0 Å². The average molecular weight is 401 g/mol. The third-order valence-corrected chi connectivity index (χ3v) is 5.75. The first-order chi connectivity index (χ1) is 14.6. The standard InChI is InChI=1S/C26H28N2O2/c1-3-28-25(29)23-16-7-8-17-24(23)27-26(28,2)21-14-9-15-22(19-21)30-18-10-13-20-11-5-4-6-12-20/h4-9,11-12,14-17,19,27H,3,10,13,18H2,1-2H3. The van der Waals surface area contributed by atoms with E-state index in [4.69, 9.17) is 4.74 Å². The zero-order valence-corrected chi connectivity index (χ0v) is 17.6. The number of nitrogens with one attached hydrogen (secondary N) is 1. The Kier molecular flexibility index (Phi) is 5.75. The minimum absolute atomic E-state index is 0.0449. The van der Waals surface area contributed by atoms with Crippen LogP contribution in [-0.2, 0) is 12.1 Å². The van der Waals surface area contributed by atoms with Gasteiger partial charge in [0.1, 0.15) is 11.4 Å². The second-order valence-electron chi connectivity index (χ2n) is 7.76. The maximum Gasteiger partial charge on any atom is 0.258 e. The lowest BCUT2D eigenvalue weighted by Crippen LogP contribution is -2.55. The minimum Gasteiger partial charge on any atom is -0.494 e. The van der Waals surface area contributed by atoms with E-state index in [1.54, 1.807) is 0 Å². The number of carbonyl (C=O) groups excluding carboxylic acids is 1. The molecule has 1 unspecified atom stereocenters. The number of amides is 1. The van der Waals surface area contributed by atoms with E-state index in [9.17, 15) is 4.79 Å². The summed E-state index contributed by atoms with van der Waals surface area (Å²) in [5.74, 6) is 0.870. The number of carbonyl (C=O) groups is 1. The molecule has 1 amide bonds. The summed E-state index contributed by atoms with van der Waals surface area (Å²) in [5.41, 5.74) is 3.27. The summed E-state index contributed by atoms with van der Waals surface area (Å²) in [6.07, 6.45) is 1.95. The summed E-state index contributed by atoms with van der Waals surface area (Å²) in [4.78, 5) is 15.0. The monoisotopic (exact) mass is 400 g/mol. The van der Waals surface area contributed by atoms with E-state index >= 15 is 0 Å². The fourth-order valence-corrected chi connectivity index (χ4v) is 4.14. The van der Waals surface area contributed by atoms with Gasteiger partial charge in [-0.2, -0.15) is 0 Å². The molecule has 1 aliphatic heterocycles. The molecule has 0 radical (unpaired) electrons. The van der Waals surface area contributed by atoms with Crippen molar-refractivity contribution in [2.24, 2.45) is 0 Å². The smallest absolute Gasteiger partial charge is 0.258 e. The highest BCUT2D eigenvalue weighted by molar-refractivity contribution is 6.02. The molecule has 30 heavy (non-hydrogen) atoms. The Hall–Kier alpha value is -3.27.